The Balaban J connectivity index is 2.05. The van der Waals surface area contributed by atoms with Crippen molar-refractivity contribution in [2.45, 2.75) is 12.5 Å². The fourth-order valence-electron chi connectivity index (χ4n) is 2.72. The van der Waals surface area contributed by atoms with Crippen LogP contribution in [0.2, 0.25) is 0 Å². The smallest absolute Gasteiger partial charge is 0.152 e. The lowest BCUT2D eigenvalue weighted by atomic mass is 10.1. The van der Waals surface area contributed by atoms with Crippen molar-refractivity contribution >= 4 is 15.8 Å². The summed E-state index contributed by atoms with van der Waals surface area (Å²) in [5.41, 5.74) is 1.07. The van der Waals surface area contributed by atoms with Crippen molar-refractivity contribution in [2.75, 3.05) is 18.6 Å². The van der Waals surface area contributed by atoms with E-state index in [0.29, 0.717) is 17.9 Å². The van der Waals surface area contributed by atoms with Crippen molar-refractivity contribution in [2.24, 2.45) is 0 Å². The van der Waals surface area contributed by atoms with Gasteiger partial charge in [0.25, 0.3) is 0 Å². The zero-order valence-electron chi connectivity index (χ0n) is 12.4. The molecule has 1 saturated heterocycles. The van der Waals surface area contributed by atoms with E-state index in [1.165, 1.54) is 10.7 Å². The predicted octanol–water partition coefficient (Wildman–Crippen LogP) is 0.282. The molecule has 3 rings (SSSR count). The Bertz CT molecular complexity index is 839. The minimum Gasteiger partial charge on any atom is -0.543 e. The average molecular weight is 335 g/mol. The van der Waals surface area contributed by atoms with Gasteiger partial charge in [0.2, 0.25) is 0 Å². The van der Waals surface area contributed by atoms with Gasteiger partial charge in [-0.15, -0.1) is 0 Å². The van der Waals surface area contributed by atoms with Gasteiger partial charge in [-0.05, 0) is 36.8 Å². The van der Waals surface area contributed by atoms with Gasteiger partial charge < -0.3 is 14.6 Å². The maximum absolute atomic E-state index is 11.7. The third kappa shape index (κ3) is 3.07. The van der Waals surface area contributed by atoms with E-state index in [-0.39, 0.29) is 23.2 Å². The van der Waals surface area contributed by atoms with E-state index in [1.54, 1.807) is 31.4 Å². The lowest BCUT2D eigenvalue weighted by Crippen LogP contribution is -2.23. The normalized spacial score (nSPS) is 19.6. The molecule has 0 amide bonds. The molecule has 0 spiro atoms. The number of carboxylic acids is 1. The monoisotopic (exact) mass is 335 g/mol. The lowest BCUT2D eigenvalue weighted by Gasteiger charge is -2.13. The molecule has 1 aliphatic rings. The Morgan fingerprint density at radius 1 is 1.35 bits per heavy atom. The molecule has 0 bridgehead atoms. The number of carbonyl (C=O) groups excluding carboxylic acids is 1. The van der Waals surface area contributed by atoms with Crippen LogP contribution in [0.3, 0.4) is 0 Å². The van der Waals surface area contributed by atoms with Crippen molar-refractivity contribution in [1.29, 1.82) is 0 Å². The van der Waals surface area contributed by atoms with Crippen LogP contribution in [0.25, 0.3) is 11.3 Å². The van der Waals surface area contributed by atoms with Gasteiger partial charge >= 0.3 is 0 Å². The molecule has 1 fully saturated rings. The van der Waals surface area contributed by atoms with E-state index in [1.807, 2.05) is 0 Å². The first-order valence-electron chi connectivity index (χ1n) is 7.05. The second-order valence-electron chi connectivity index (χ2n) is 5.43. The van der Waals surface area contributed by atoms with Crippen molar-refractivity contribution in [3.63, 3.8) is 0 Å². The van der Waals surface area contributed by atoms with Gasteiger partial charge in [-0.1, -0.05) is 0 Å². The zero-order chi connectivity index (χ0) is 16.6. The molecule has 1 aromatic heterocycles. The molecule has 0 radical (unpaired) electrons. The van der Waals surface area contributed by atoms with Gasteiger partial charge in [0.1, 0.15) is 11.4 Å². The maximum Gasteiger partial charge on any atom is 0.152 e. The largest absolute Gasteiger partial charge is 0.543 e. The number of benzene rings is 1. The number of carboxylic acid groups (broad SMARTS) is 1. The van der Waals surface area contributed by atoms with Crippen LogP contribution in [0.15, 0.2) is 30.3 Å². The van der Waals surface area contributed by atoms with E-state index < -0.39 is 15.8 Å². The number of hydrogen-bond acceptors (Lipinski definition) is 6. The van der Waals surface area contributed by atoms with Crippen molar-refractivity contribution < 1.29 is 23.1 Å². The Labute approximate surface area is 133 Å². The first-order chi connectivity index (χ1) is 10.9. The average Bonchev–Trinajstić information content (AvgIpc) is 3.11. The van der Waals surface area contributed by atoms with Crippen molar-refractivity contribution in [3.8, 4) is 17.0 Å². The number of carbonyl (C=O) groups is 1. The summed E-state index contributed by atoms with van der Waals surface area (Å²) in [6.07, 6.45) is 0.416. The minimum absolute atomic E-state index is 0.0374. The van der Waals surface area contributed by atoms with E-state index in [9.17, 15) is 18.3 Å². The molecule has 0 aliphatic carbocycles. The molecule has 2 heterocycles. The summed E-state index contributed by atoms with van der Waals surface area (Å²) >= 11 is 0. The highest BCUT2D eigenvalue weighted by Crippen LogP contribution is 2.30. The predicted molar refractivity (Wildman–Crippen MR) is 80.9 cm³/mol. The zero-order valence-corrected chi connectivity index (χ0v) is 13.2. The number of nitrogens with zero attached hydrogens (tertiary/aromatic N) is 2. The van der Waals surface area contributed by atoms with Crippen molar-refractivity contribution in [3.05, 3.63) is 36.0 Å². The van der Waals surface area contributed by atoms with E-state index >= 15 is 0 Å². The third-order valence-electron chi connectivity index (χ3n) is 3.88. The van der Waals surface area contributed by atoms with Crippen LogP contribution in [-0.2, 0) is 9.84 Å². The van der Waals surface area contributed by atoms with Crippen LogP contribution >= 0.6 is 0 Å². The molecule has 0 saturated carbocycles. The molecule has 7 nitrogen and oxygen atoms in total. The summed E-state index contributed by atoms with van der Waals surface area (Å²) in [7, 11) is -1.56. The molecule has 0 N–H and O–H groups in total. The standard InChI is InChI=1S/C15H16N2O5S/c1-22-12-4-2-10(3-5-12)14-8-13(15(18)19)16-17(14)11-6-7-23(20,21)9-11/h2-5,8,11H,6-7,9H2,1H3,(H,18,19)/p-1/t11-/m1/s1. The molecule has 122 valence electrons. The number of sulfone groups is 1. The molecule has 1 atom stereocenters. The Hall–Kier alpha value is -2.35. The summed E-state index contributed by atoms with van der Waals surface area (Å²) in [5.74, 6) is -0.673. The number of aromatic carboxylic acids is 1. The number of rotatable bonds is 4. The van der Waals surface area contributed by atoms with Gasteiger partial charge in [0.05, 0.1) is 36.3 Å². The third-order valence-corrected chi connectivity index (χ3v) is 5.64. The number of hydrogen-bond donors (Lipinski definition) is 0. The van der Waals surface area contributed by atoms with E-state index in [0.717, 1.165) is 5.56 Å². The first kappa shape index (κ1) is 15.5. The highest BCUT2D eigenvalue weighted by atomic mass is 32.2. The molecule has 8 heteroatoms. The van der Waals surface area contributed by atoms with Crippen LogP contribution in [-0.4, -0.2) is 42.8 Å². The maximum atomic E-state index is 11.7. The SMILES string of the molecule is COc1ccc(-c2cc(C(=O)[O-])nn2[C@@H]2CCS(=O)(=O)C2)cc1. The van der Waals surface area contributed by atoms with Crippen LogP contribution in [0.1, 0.15) is 23.0 Å². The summed E-state index contributed by atoms with van der Waals surface area (Å²) in [4.78, 5) is 11.1. The summed E-state index contributed by atoms with van der Waals surface area (Å²) in [5, 5.41) is 15.2. The summed E-state index contributed by atoms with van der Waals surface area (Å²) in [6.45, 7) is 0. The molecular weight excluding hydrogens is 320 g/mol. The quantitative estimate of drug-likeness (QED) is 0.795. The molecule has 1 aromatic carbocycles. The molecule has 1 aliphatic heterocycles. The molecule has 2 aromatic rings. The van der Waals surface area contributed by atoms with Crippen molar-refractivity contribution in [1.82, 2.24) is 9.78 Å². The first-order valence-corrected chi connectivity index (χ1v) is 8.87. The van der Waals surface area contributed by atoms with E-state index in [4.69, 9.17) is 4.74 Å². The van der Waals surface area contributed by atoms with Gasteiger partial charge in [0, 0.05) is 5.56 Å². The lowest BCUT2D eigenvalue weighted by molar-refractivity contribution is -0.255. The van der Waals surface area contributed by atoms with Crippen LogP contribution < -0.4 is 9.84 Å². The van der Waals surface area contributed by atoms with Crippen LogP contribution in [0.4, 0.5) is 0 Å². The van der Waals surface area contributed by atoms with E-state index in [2.05, 4.69) is 5.10 Å². The fraction of sp³-hybridized carbons (Fsp3) is 0.333. The highest BCUT2D eigenvalue weighted by molar-refractivity contribution is 7.91. The highest BCUT2D eigenvalue weighted by Gasteiger charge is 2.31. The fourth-order valence-corrected chi connectivity index (χ4v) is 4.41. The summed E-state index contributed by atoms with van der Waals surface area (Å²) in [6, 6.07) is 8.07. The van der Waals surface area contributed by atoms with Crippen LogP contribution in [0.5, 0.6) is 5.75 Å². The van der Waals surface area contributed by atoms with Gasteiger partial charge in [-0.3, -0.25) is 4.68 Å². The Kier molecular flexibility index (Phi) is 3.85. The van der Waals surface area contributed by atoms with Gasteiger partial charge in [0.15, 0.2) is 9.84 Å². The van der Waals surface area contributed by atoms with Crippen LogP contribution in [0, 0.1) is 0 Å². The second kappa shape index (κ2) is 5.69. The molecular formula is C15H15N2O5S-. The number of ether oxygens (including phenoxy) is 1. The molecule has 23 heavy (non-hydrogen) atoms. The Morgan fingerprint density at radius 2 is 2.04 bits per heavy atom. The number of aromatic nitrogens is 2. The van der Waals surface area contributed by atoms with Gasteiger partial charge in [-0.25, -0.2) is 8.42 Å². The Morgan fingerprint density at radius 3 is 2.57 bits per heavy atom. The minimum atomic E-state index is -3.11. The molecule has 0 unspecified atom stereocenters. The topological polar surface area (TPSA) is 101 Å². The second-order valence-corrected chi connectivity index (χ2v) is 7.66. The number of methoxy groups -OCH3 is 1. The summed E-state index contributed by atoms with van der Waals surface area (Å²) < 4.78 is 30.0. The van der Waals surface area contributed by atoms with Gasteiger partial charge in [-0.2, -0.15) is 5.10 Å².